The lowest BCUT2D eigenvalue weighted by Crippen LogP contribution is -2.41. The van der Waals surface area contributed by atoms with Crippen molar-refractivity contribution in [3.8, 4) is 0 Å². The standard InChI is InChI=1S/C16H21N3O3S/c1-5-12(3)17-16(20)15-10-14(18-23(21,22)19(15)4)13-8-6-11(2)7-9-13/h6-10,12H,5H2,1-4H3,(H,17,20)/t12-/m0/s1. The van der Waals surface area contributed by atoms with Gasteiger partial charge in [-0.3, -0.25) is 4.79 Å². The quantitative estimate of drug-likeness (QED) is 0.911. The summed E-state index contributed by atoms with van der Waals surface area (Å²) in [7, 11) is -2.59. The molecule has 0 spiro atoms. The molecular formula is C16H21N3O3S. The smallest absolute Gasteiger partial charge is 0.345 e. The van der Waals surface area contributed by atoms with Gasteiger partial charge in [-0.15, -0.1) is 4.40 Å². The Morgan fingerprint density at radius 1 is 1.30 bits per heavy atom. The van der Waals surface area contributed by atoms with Crippen LogP contribution in [0.5, 0.6) is 0 Å². The van der Waals surface area contributed by atoms with Gasteiger partial charge in [-0.05, 0) is 26.3 Å². The Balaban J connectivity index is 2.43. The molecule has 0 saturated carbocycles. The first kappa shape index (κ1) is 17.2. The van der Waals surface area contributed by atoms with Gasteiger partial charge in [0.15, 0.2) is 0 Å². The summed E-state index contributed by atoms with van der Waals surface area (Å²) in [5.41, 5.74) is 2.04. The predicted octanol–water partition coefficient (Wildman–Crippen LogP) is 1.77. The van der Waals surface area contributed by atoms with E-state index < -0.39 is 16.1 Å². The number of aryl methyl sites for hydroxylation is 1. The van der Waals surface area contributed by atoms with Crippen LogP contribution in [0.1, 0.15) is 31.4 Å². The average molecular weight is 335 g/mol. The lowest BCUT2D eigenvalue weighted by Gasteiger charge is -2.24. The molecule has 0 fully saturated rings. The summed E-state index contributed by atoms with van der Waals surface area (Å²) in [6.07, 6.45) is 2.26. The molecule has 0 bridgehead atoms. The second kappa shape index (κ2) is 6.54. The van der Waals surface area contributed by atoms with E-state index in [2.05, 4.69) is 9.71 Å². The number of nitrogens with zero attached hydrogens (tertiary/aromatic N) is 2. The number of hydrogen-bond acceptors (Lipinski definition) is 3. The van der Waals surface area contributed by atoms with Crippen LogP contribution in [0.2, 0.25) is 0 Å². The first-order valence-electron chi connectivity index (χ1n) is 7.43. The summed E-state index contributed by atoms with van der Waals surface area (Å²) in [4.78, 5) is 12.4. The van der Waals surface area contributed by atoms with Crippen LogP contribution in [0.15, 0.2) is 40.4 Å². The summed E-state index contributed by atoms with van der Waals surface area (Å²) >= 11 is 0. The third kappa shape index (κ3) is 3.79. The molecule has 0 radical (unpaired) electrons. The number of nitrogens with one attached hydrogen (secondary N) is 1. The molecular weight excluding hydrogens is 314 g/mol. The minimum absolute atomic E-state index is 0.0406. The number of benzene rings is 1. The highest BCUT2D eigenvalue weighted by atomic mass is 32.2. The number of amides is 1. The van der Waals surface area contributed by atoms with Crippen molar-refractivity contribution < 1.29 is 13.2 Å². The maximum absolute atomic E-state index is 12.4. The van der Waals surface area contributed by atoms with Gasteiger partial charge in [0.25, 0.3) is 5.91 Å². The Kier molecular flexibility index (Phi) is 4.89. The molecule has 1 N–H and O–H groups in total. The molecule has 1 atom stereocenters. The van der Waals surface area contributed by atoms with Crippen LogP contribution in [-0.2, 0) is 15.0 Å². The van der Waals surface area contributed by atoms with Crippen LogP contribution in [0.4, 0.5) is 0 Å². The van der Waals surface area contributed by atoms with Gasteiger partial charge in [-0.1, -0.05) is 36.8 Å². The van der Waals surface area contributed by atoms with E-state index in [1.807, 2.05) is 32.9 Å². The molecule has 1 aromatic rings. The molecule has 1 amide bonds. The van der Waals surface area contributed by atoms with Gasteiger partial charge in [0.1, 0.15) is 5.70 Å². The predicted molar refractivity (Wildman–Crippen MR) is 90.4 cm³/mol. The Hall–Kier alpha value is -2.15. The van der Waals surface area contributed by atoms with Gasteiger partial charge in [0, 0.05) is 18.7 Å². The molecule has 0 aliphatic carbocycles. The third-order valence-corrected chi connectivity index (χ3v) is 5.06. The molecule has 0 saturated heterocycles. The summed E-state index contributed by atoms with van der Waals surface area (Å²) in [5.74, 6) is -0.426. The van der Waals surface area contributed by atoms with E-state index in [1.165, 1.54) is 13.1 Å². The number of hydrogen-bond donors (Lipinski definition) is 1. The van der Waals surface area contributed by atoms with Gasteiger partial charge in [0.05, 0.1) is 5.71 Å². The van der Waals surface area contributed by atoms with Gasteiger partial charge < -0.3 is 5.32 Å². The van der Waals surface area contributed by atoms with Gasteiger partial charge in [-0.2, -0.15) is 8.42 Å². The van der Waals surface area contributed by atoms with E-state index in [0.29, 0.717) is 5.56 Å². The molecule has 1 aliphatic heterocycles. The molecule has 23 heavy (non-hydrogen) atoms. The molecule has 1 aromatic carbocycles. The maximum atomic E-state index is 12.4. The van der Waals surface area contributed by atoms with Crippen LogP contribution >= 0.6 is 0 Å². The number of allylic oxidation sites excluding steroid dienone is 1. The third-order valence-electron chi connectivity index (χ3n) is 3.74. The van der Waals surface area contributed by atoms with E-state index in [4.69, 9.17) is 0 Å². The molecule has 0 aromatic heterocycles. The van der Waals surface area contributed by atoms with Gasteiger partial charge in [-0.25, -0.2) is 4.31 Å². The van der Waals surface area contributed by atoms with E-state index in [-0.39, 0.29) is 17.5 Å². The second-order valence-electron chi connectivity index (χ2n) is 5.60. The van der Waals surface area contributed by atoms with E-state index in [9.17, 15) is 13.2 Å². The Bertz CT molecular complexity index is 764. The Morgan fingerprint density at radius 2 is 1.91 bits per heavy atom. The monoisotopic (exact) mass is 335 g/mol. The van der Waals surface area contributed by atoms with E-state index in [0.717, 1.165) is 16.3 Å². The largest absolute Gasteiger partial charge is 0.348 e. The minimum atomic E-state index is -3.91. The summed E-state index contributed by atoms with van der Waals surface area (Å²) in [6, 6.07) is 7.28. The normalized spacial score (nSPS) is 18.0. The molecule has 7 heteroatoms. The fourth-order valence-corrected chi connectivity index (χ4v) is 2.94. The summed E-state index contributed by atoms with van der Waals surface area (Å²) < 4.78 is 29.1. The minimum Gasteiger partial charge on any atom is -0.348 e. The molecule has 1 aliphatic rings. The topological polar surface area (TPSA) is 78.8 Å². The van der Waals surface area contributed by atoms with Crippen molar-refractivity contribution >= 4 is 21.8 Å². The number of likely N-dealkylation sites (N-methyl/N-ethyl adjacent to an activating group) is 1. The Labute approximate surface area is 137 Å². The second-order valence-corrected chi connectivity index (χ2v) is 7.23. The van der Waals surface area contributed by atoms with Gasteiger partial charge >= 0.3 is 10.2 Å². The molecule has 6 nitrogen and oxygen atoms in total. The van der Waals surface area contributed by atoms with Gasteiger partial charge in [0.2, 0.25) is 0 Å². The zero-order valence-corrected chi connectivity index (χ0v) is 14.5. The number of carbonyl (C=O) groups excluding carboxylic acids is 1. The summed E-state index contributed by atoms with van der Waals surface area (Å²) in [6.45, 7) is 5.75. The highest BCUT2D eigenvalue weighted by Gasteiger charge is 2.30. The average Bonchev–Trinajstić information content (AvgIpc) is 2.50. The maximum Gasteiger partial charge on any atom is 0.345 e. The lowest BCUT2D eigenvalue weighted by atomic mass is 10.1. The van der Waals surface area contributed by atoms with Crippen molar-refractivity contribution in [3.63, 3.8) is 0 Å². The molecule has 0 unspecified atom stereocenters. The van der Waals surface area contributed by atoms with Crippen molar-refractivity contribution in [2.45, 2.75) is 33.2 Å². The Morgan fingerprint density at radius 3 is 2.48 bits per heavy atom. The van der Waals surface area contributed by atoms with Crippen molar-refractivity contribution in [1.82, 2.24) is 9.62 Å². The van der Waals surface area contributed by atoms with Crippen molar-refractivity contribution in [2.24, 2.45) is 4.40 Å². The van der Waals surface area contributed by atoms with Crippen LogP contribution < -0.4 is 5.32 Å². The summed E-state index contributed by atoms with van der Waals surface area (Å²) in [5, 5.41) is 2.78. The van der Waals surface area contributed by atoms with Crippen LogP contribution in [-0.4, -0.2) is 37.4 Å². The van der Waals surface area contributed by atoms with E-state index in [1.54, 1.807) is 12.1 Å². The zero-order valence-electron chi connectivity index (χ0n) is 13.7. The molecule has 2 rings (SSSR count). The van der Waals surface area contributed by atoms with Crippen LogP contribution in [0.25, 0.3) is 0 Å². The highest BCUT2D eigenvalue weighted by Crippen LogP contribution is 2.20. The van der Waals surface area contributed by atoms with Crippen LogP contribution in [0, 0.1) is 6.92 Å². The van der Waals surface area contributed by atoms with E-state index >= 15 is 0 Å². The molecule has 124 valence electrons. The van der Waals surface area contributed by atoms with Crippen molar-refractivity contribution in [1.29, 1.82) is 0 Å². The lowest BCUT2D eigenvalue weighted by molar-refractivity contribution is -0.119. The van der Waals surface area contributed by atoms with Crippen molar-refractivity contribution in [2.75, 3.05) is 7.05 Å². The molecule has 1 heterocycles. The van der Waals surface area contributed by atoms with Crippen molar-refractivity contribution in [3.05, 3.63) is 47.2 Å². The SMILES string of the molecule is CC[C@H](C)NC(=O)C1=CC(c2ccc(C)cc2)=NS(=O)(=O)N1C. The first-order valence-corrected chi connectivity index (χ1v) is 8.82. The zero-order chi connectivity index (χ0) is 17.2. The first-order chi connectivity index (χ1) is 10.7. The fraction of sp³-hybridized carbons (Fsp3) is 0.375. The highest BCUT2D eigenvalue weighted by molar-refractivity contribution is 7.88. The number of rotatable bonds is 4. The fourth-order valence-electron chi connectivity index (χ4n) is 2.03. The van der Waals surface area contributed by atoms with Crippen LogP contribution in [0.3, 0.4) is 0 Å². The number of carbonyl (C=O) groups is 1.